The van der Waals surface area contributed by atoms with Gasteiger partial charge in [0, 0.05) is 18.2 Å². The Hall–Kier alpha value is -1.30. The molecule has 2 aliphatic rings. The van der Waals surface area contributed by atoms with Crippen molar-refractivity contribution in [3.63, 3.8) is 0 Å². The minimum atomic E-state index is -3.03. The predicted octanol–water partition coefficient (Wildman–Crippen LogP) is 1.76. The smallest absolute Gasteiger partial charge is 0.184 e. The zero-order chi connectivity index (χ0) is 13.6. The number of halogens is 1. The highest BCUT2D eigenvalue weighted by Crippen LogP contribution is 2.41. The molecule has 4 nitrogen and oxygen atoms in total. The van der Waals surface area contributed by atoms with Crippen molar-refractivity contribution < 1.29 is 17.6 Å². The molecule has 102 valence electrons. The summed E-state index contributed by atoms with van der Waals surface area (Å²) in [5.74, 6) is -1.06. The molecule has 0 N–H and O–H groups in total. The number of fused-ring (bicyclic) bond motifs is 2. The summed E-state index contributed by atoms with van der Waals surface area (Å²) in [5.41, 5.74) is 0.101. The maximum absolute atomic E-state index is 13.1. The zero-order valence-electron chi connectivity index (χ0n) is 10.3. The van der Waals surface area contributed by atoms with Crippen LogP contribution in [0.4, 0.5) is 4.39 Å². The Balaban J connectivity index is 1.84. The lowest BCUT2D eigenvalue weighted by molar-refractivity contribution is 0.0899. The number of sulfone groups is 1. The average Bonchev–Trinajstić information content (AvgIpc) is 2.58. The first kappa shape index (κ1) is 12.7. The lowest BCUT2D eigenvalue weighted by Crippen LogP contribution is -2.36. The molecule has 2 fully saturated rings. The fraction of sp³-hybridized carbons (Fsp3) is 0.538. The molecule has 1 aromatic rings. The van der Waals surface area contributed by atoms with Crippen LogP contribution in [0.25, 0.3) is 0 Å². The van der Waals surface area contributed by atoms with E-state index in [0.717, 1.165) is 6.07 Å². The summed E-state index contributed by atoms with van der Waals surface area (Å²) in [6.07, 6.45) is 3.27. The van der Waals surface area contributed by atoms with Gasteiger partial charge in [0.25, 0.3) is 0 Å². The number of carbonyl (C=O) groups excluding carboxylic acids is 1. The Bertz CT molecular complexity index is 609. The number of ketones is 1. The van der Waals surface area contributed by atoms with Gasteiger partial charge in [0.15, 0.2) is 15.6 Å². The van der Waals surface area contributed by atoms with E-state index in [2.05, 4.69) is 4.98 Å². The number of aromatic nitrogens is 1. The van der Waals surface area contributed by atoms with Gasteiger partial charge < -0.3 is 0 Å². The van der Waals surface area contributed by atoms with Gasteiger partial charge in [-0.1, -0.05) is 0 Å². The Morgan fingerprint density at radius 1 is 1.26 bits per heavy atom. The second-order valence-corrected chi connectivity index (χ2v) is 7.81. The van der Waals surface area contributed by atoms with Crippen LogP contribution in [0, 0.1) is 11.7 Å². The molecule has 2 unspecified atom stereocenters. The van der Waals surface area contributed by atoms with E-state index in [4.69, 9.17) is 0 Å². The highest BCUT2D eigenvalue weighted by molar-refractivity contribution is 7.93. The highest BCUT2D eigenvalue weighted by atomic mass is 32.2. The normalized spacial score (nSPS) is 32.2. The van der Waals surface area contributed by atoms with E-state index in [-0.39, 0.29) is 17.4 Å². The maximum atomic E-state index is 13.1. The lowest BCUT2D eigenvalue weighted by atomic mass is 9.92. The first-order chi connectivity index (χ1) is 8.98. The summed E-state index contributed by atoms with van der Waals surface area (Å²) in [7, 11) is -3.03. The monoisotopic (exact) mass is 283 g/mol. The van der Waals surface area contributed by atoms with Crippen LogP contribution in [-0.2, 0) is 9.84 Å². The molecule has 2 aliphatic heterocycles. The Labute approximate surface area is 111 Å². The van der Waals surface area contributed by atoms with Gasteiger partial charge in [-0.3, -0.25) is 9.78 Å². The number of carbonyl (C=O) groups is 1. The summed E-state index contributed by atoms with van der Waals surface area (Å²) >= 11 is 0. The molecule has 6 heteroatoms. The van der Waals surface area contributed by atoms with Crippen molar-refractivity contribution in [2.75, 3.05) is 0 Å². The van der Waals surface area contributed by atoms with Gasteiger partial charge in [0.2, 0.25) is 0 Å². The second kappa shape index (κ2) is 4.37. The lowest BCUT2D eigenvalue weighted by Gasteiger charge is -2.26. The van der Waals surface area contributed by atoms with Crippen molar-refractivity contribution in [2.24, 2.45) is 5.92 Å². The minimum Gasteiger partial charge on any atom is -0.292 e. The first-order valence-electron chi connectivity index (χ1n) is 6.37. The highest BCUT2D eigenvalue weighted by Gasteiger charge is 2.48. The van der Waals surface area contributed by atoms with Gasteiger partial charge in [0.1, 0.15) is 11.5 Å². The number of nitrogens with zero attached hydrogens (tertiary/aromatic N) is 1. The van der Waals surface area contributed by atoms with Crippen molar-refractivity contribution in [3.05, 3.63) is 29.8 Å². The van der Waals surface area contributed by atoms with Crippen LogP contribution in [0.3, 0.4) is 0 Å². The van der Waals surface area contributed by atoms with Gasteiger partial charge in [-0.15, -0.1) is 0 Å². The molecular formula is C13H14FNO3S. The summed E-state index contributed by atoms with van der Waals surface area (Å²) in [6.45, 7) is 0. The molecule has 2 bridgehead atoms. The standard InChI is InChI=1S/C13H14FNO3S/c14-9-3-4-15-12(7-9)13(16)8-5-10-1-2-11(6-8)19(10,17)18/h3-4,7-8,10-11H,1-2,5-6H2. The van der Waals surface area contributed by atoms with Crippen LogP contribution in [0.2, 0.25) is 0 Å². The molecule has 19 heavy (non-hydrogen) atoms. The van der Waals surface area contributed by atoms with Crippen LogP contribution >= 0.6 is 0 Å². The number of hydrogen-bond acceptors (Lipinski definition) is 4. The third-order valence-electron chi connectivity index (χ3n) is 4.18. The summed E-state index contributed by atoms with van der Waals surface area (Å²) in [4.78, 5) is 16.1. The molecule has 0 saturated carbocycles. The molecule has 1 aromatic heterocycles. The largest absolute Gasteiger partial charge is 0.292 e. The summed E-state index contributed by atoms with van der Waals surface area (Å²) < 4.78 is 37.0. The second-order valence-electron chi connectivity index (χ2n) is 5.30. The third-order valence-corrected chi connectivity index (χ3v) is 6.89. The van der Waals surface area contributed by atoms with E-state index in [9.17, 15) is 17.6 Å². The molecule has 0 spiro atoms. The van der Waals surface area contributed by atoms with Crippen LogP contribution < -0.4 is 0 Å². The maximum Gasteiger partial charge on any atom is 0.184 e. The molecule has 2 saturated heterocycles. The number of rotatable bonds is 2. The molecule has 0 aromatic carbocycles. The molecule has 0 aliphatic carbocycles. The van der Waals surface area contributed by atoms with Crippen molar-refractivity contribution in [1.29, 1.82) is 0 Å². The Kier molecular flexibility index (Phi) is 2.92. The van der Waals surface area contributed by atoms with Crippen LogP contribution in [0.1, 0.15) is 36.2 Å². The van der Waals surface area contributed by atoms with Crippen molar-refractivity contribution in [1.82, 2.24) is 4.98 Å². The predicted molar refractivity (Wildman–Crippen MR) is 67.0 cm³/mol. The third kappa shape index (κ3) is 2.08. The van der Waals surface area contributed by atoms with Gasteiger partial charge in [-0.25, -0.2) is 12.8 Å². The van der Waals surface area contributed by atoms with E-state index in [0.29, 0.717) is 25.7 Å². The van der Waals surface area contributed by atoms with Crippen LogP contribution in [0.5, 0.6) is 0 Å². The Morgan fingerprint density at radius 3 is 2.47 bits per heavy atom. The van der Waals surface area contributed by atoms with Gasteiger partial charge in [0.05, 0.1) is 10.5 Å². The molecule has 3 heterocycles. The fourth-order valence-corrected chi connectivity index (χ4v) is 5.64. The van der Waals surface area contributed by atoms with Crippen molar-refractivity contribution >= 4 is 15.6 Å². The number of Topliss-reactive ketones (excluding diaryl/α,β-unsaturated/α-hetero) is 1. The van der Waals surface area contributed by atoms with Gasteiger partial charge >= 0.3 is 0 Å². The first-order valence-corrected chi connectivity index (χ1v) is 7.98. The molecule has 3 rings (SSSR count). The average molecular weight is 283 g/mol. The van der Waals surface area contributed by atoms with Crippen LogP contribution in [0.15, 0.2) is 18.3 Å². The van der Waals surface area contributed by atoms with Gasteiger partial charge in [-0.05, 0) is 31.7 Å². The fourth-order valence-electron chi connectivity index (χ4n) is 3.17. The van der Waals surface area contributed by atoms with Crippen molar-refractivity contribution in [3.8, 4) is 0 Å². The van der Waals surface area contributed by atoms with E-state index < -0.39 is 26.2 Å². The minimum absolute atomic E-state index is 0.101. The van der Waals surface area contributed by atoms with Crippen LogP contribution in [-0.4, -0.2) is 29.7 Å². The topological polar surface area (TPSA) is 64.1 Å². The number of hydrogen-bond donors (Lipinski definition) is 0. The Morgan fingerprint density at radius 2 is 1.89 bits per heavy atom. The molecule has 0 amide bonds. The van der Waals surface area contributed by atoms with E-state index >= 15 is 0 Å². The number of pyridine rings is 1. The SMILES string of the molecule is O=C(c1cc(F)ccn1)C1CC2CCC(C1)S2(=O)=O. The molecular weight excluding hydrogens is 269 g/mol. The van der Waals surface area contributed by atoms with E-state index in [1.807, 2.05) is 0 Å². The molecule has 0 radical (unpaired) electrons. The summed E-state index contributed by atoms with van der Waals surface area (Å²) in [6, 6.07) is 2.30. The van der Waals surface area contributed by atoms with E-state index in [1.165, 1.54) is 12.3 Å². The molecule has 2 atom stereocenters. The van der Waals surface area contributed by atoms with Crippen molar-refractivity contribution in [2.45, 2.75) is 36.2 Å². The quantitative estimate of drug-likeness (QED) is 0.776. The van der Waals surface area contributed by atoms with Gasteiger partial charge in [-0.2, -0.15) is 0 Å². The zero-order valence-corrected chi connectivity index (χ0v) is 11.1. The summed E-state index contributed by atoms with van der Waals surface area (Å²) in [5, 5.41) is -0.789. The van der Waals surface area contributed by atoms with E-state index in [1.54, 1.807) is 0 Å².